The van der Waals surface area contributed by atoms with E-state index in [1.165, 1.54) is 17.7 Å². The maximum atomic E-state index is 6.31. The second-order valence-corrected chi connectivity index (χ2v) is 8.95. The van der Waals surface area contributed by atoms with Crippen molar-refractivity contribution in [2.75, 3.05) is 19.0 Å². The fourth-order valence-corrected chi connectivity index (χ4v) is 5.35. The van der Waals surface area contributed by atoms with Crippen LogP contribution in [-0.2, 0) is 9.47 Å². The van der Waals surface area contributed by atoms with E-state index in [-0.39, 0.29) is 5.79 Å². The molecule has 0 bridgehead atoms. The Kier molecular flexibility index (Phi) is 8.13. The van der Waals surface area contributed by atoms with Crippen molar-refractivity contribution in [1.82, 2.24) is 0 Å². The van der Waals surface area contributed by atoms with Crippen LogP contribution in [0.2, 0.25) is 10.0 Å². The van der Waals surface area contributed by atoms with Gasteiger partial charge >= 0.3 is 0 Å². The predicted molar refractivity (Wildman–Crippen MR) is 121 cm³/mol. The fraction of sp³-hybridized carbons (Fsp3) is 0.478. The summed E-state index contributed by atoms with van der Waals surface area (Å²) in [4.78, 5) is 1.30. The van der Waals surface area contributed by atoms with Gasteiger partial charge in [-0.3, -0.25) is 0 Å². The summed E-state index contributed by atoms with van der Waals surface area (Å²) in [7, 11) is 0. The first-order valence-corrected chi connectivity index (χ1v) is 11.8. The lowest BCUT2D eigenvalue weighted by atomic mass is 9.86. The van der Waals surface area contributed by atoms with E-state index in [4.69, 9.17) is 32.7 Å². The molecular formula is C23H28Cl2O2S. The van der Waals surface area contributed by atoms with Gasteiger partial charge in [0, 0.05) is 39.1 Å². The molecule has 1 saturated carbocycles. The molecule has 1 aliphatic carbocycles. The number of thioether (sulfide) groups is 1. The Morgan fingerprint density at radius 3 is 2.21 bits per heavy atom. The minimum Gasteiger partial charge on any atom is -0.348 e. The maximum absolute atomic E-state index is 6.31. The second kappa shape index (κ2) is 10.4. The molecule has 0 aromatic heterocycles. The Balaban J connectivity index is 0.00000109. The summed E-state index contributed by atoms with van der Waals surface area (Å²) in [5.41, 5.74) is 2.13. The van der Waals surface area contributed by atoms with Crippen LogP contribution in [0, 0.1) is 5.92 Å². The molecule has 0 radical (unpaired) electrons. The van der Waals surface area contributed by atoms with E-state index in [1.807, 2.05) is 37.7 Å². The summed E-state index contributed by atoms with van der Waals surface area (Å²) < 4.78 is 11.6. The van der Waals surface area contributed by atoms with Gasteiger partial charge in [0.25, 0.3) is 0 Å². The molecule has 2 fully saturated rings. The van der Waals surface area contributed by atoms with Crippen LogP contribution in [0.3, 0.4) is 0 Å². The van der Waals surface area contributed by atoms with E-state index >= 15 is 0 Å². The molecule has 2 aromatic carbocycles. The minimum absolute atomic E-state index is 0.249. The molecule has 1 saturated heterocycles. The predicted octanol–water partition coefficient (Wildman–Crippen LogP) is 7.71. The highest BCUT2D eigenvalue weighted by Crippen LogP contribution is 2.40. The average Bonchev–Trinajstić information content (AvgIpc) is 3.18. The number of hydrogen-bond donors (Lipinski definition) is 0. The Labute approximate surface area is 182 Å². The normalized spacial score (nSPS) is 18.7. The summed E-state index contributed by atoms with van der Waals surface area (Å²) in [6.45, 7) is 5.51. The molecule has 1 spiro atoms. The van der Waals surface area contributed by atoms with Gasteiger partial charge in [0.05, 0.1) is 13.2 Å². The summed E-state index contributed by atoms with van der Waals surface area (Å²) in [5, 5.41) is 1.35. The van der Waals surface area contributed by atoms with Crippen molar-refractivity contribution in [2.24, 2.45) is 5.92 Å². The molecule has 152 valence electrons. The van der Waals surface area contributed by atoms with Crippen molar-refractivity contribution >= 4 is 35.0 Å². The Bertz CT molecular complexity index is 748. The zero-order valence-electron chi connectivity index (χ0n) is 16.5. The third-order valence-corrected chi connectivity index (χ3v) is 7.05. The van der Waals surface area contributed by atoms with E-state index < -0.39 is 0 Å². The lowest BCUT2D eigenvalue weighted by molar-refractivity contribution is -0.181. The Morgan fingerprint density at radius 2 is 1.61 bits per heavy atom. The molecule has 2 aromatic rings. The van der Waals surface area contributed by atoms with Crippen LogP contribution in [0.25, 0.3) is 11.1 Å². The number of halogens is 2. The number of rotatable bonds is 4. The van der Waals surface area contributed by atoms with Gasteiger partial charge in [-0.25, -0.2) is 0 Å². The molecule has 2 aliphatic rings. The van der Waals surface area contributed by atoms with Crippen molar-refractivity contribution in [3.8, 4) is 11.1 Å². The average molecular weight is 439 g/mol. The number of benzene rings is 2. The molecule has 0 N–H and O–H groups in total. The monoisotopic (exact) mass is 438 g/mol. The van der Waals surface area contributed by atoms with E-state index in [0.717, 1.165) is 48.9 Å². The van der Waals surface area contributed by atoms with Crippen LogP contribution < -0.4 is 0 Å². The van der Waals surface area contributed by atoms with Gasteiger partial charge in [-0.1, -0.05) is 55.2 Å². The number of hydrogen-bond acceptors (Lipinski definition) is 3. The summed E-state index contributed by atoms with van der Waals surface area (Å²) in [5.74, 6) is 1.64. The van der Waals surface area contributed by atoms with Crippen LogP contribution in [0.1, 0.15) is 39.5 Å². The molecule has 28 heavy (non-hydrogen) atoms. The van der Waals surface area contributed by atoms with Gasteiger partial charge in [-0.15, -0.1) is 11.8 Å². The zero-order chi connectivity index (χ0) is 20.0. The molecule has 0 amide bonds. The third-order valence-electron chi connectivity index (χ3n) is 5.26. The van der Waals surface area contributed by atoms with E-state index in [2.05, 4.69) is 24.3 Å². The minimum atomic E-state index is -0.249. The highest BCUT2D eigenvalue weighted by atomic mass is 35.5. The van der Waals surface area contributed by atoms with Crippen molar-refractivity contribution in [2.45, 2.75) is 50.2 Å². The Hall–Kier alpha value is -0.710. The first-order valence-electron chi connectivity index (χ1n) is 10.1. The van der Waals surface area contributed by atoms with Gasteiger partial charge < -0.3 is 9.47 Å². The molecular weight excluding hydrogens is 411 g/mol. The van der Waals surface area contributed by atoms with Crippen LogP contribution in [0.15, 0.2) is 47.4 Å². The molecule has 1 heterocycles. The van der Waals surface area contributed by atoms with Gasteiger partial charge in [-0.2, -0.15) is 0 Å². The van der Waals surface area contributed by atoms with Crippen LogP contribution in [-0.4, -0.2) is 24.8 Å². The Morgan fingerprint density at radius 1 is 0.964 bits per heavy atom. The summed E-state index contributed by atoms with van der Waals surface area (Å²) >= 11 is 14.2. The van der Waals surface area contributed by atoms with E-state index in [9.17, 15) is 0 Å². The zero-order valence-corrected chi connectivity index (χ0v) is 18.9. The summed E-state index contributed by atoms with van der Waals surface area (Å²) in [6.07, 6.45) is 4.44. The van der Waals surface area contributed by atoms with Crippen molar-refractivity contribution in [3.05, 3.63) is 52.5 Å². The van der Waals surface area contributed by atoms with Crippen LogP contribution in [0.5, 0.6) is 0 Å². The maximum Gasteiger partial charge on any atom is 0.168 e. The molecule has 5 heteroatoms. The molecule has 0 atom stereocenters. The van der Waals surface area contributed by atoms with Crippen molar-refractivity contribution in [1.29, 1.82) is 0 Å². The second-order valence-electron chi connectivity index (χ2n) is 7.01. The summed E-state index contributed by atoms with van der Waals surface area (Å²) in [6, 6.07) is 14.3. The van der Waals surface area contributed by atoms with Gasteiger partial charge in [0.2, 0.25) is 0 Å². The van der Waals surface area contributed by atoms with Crippen LogP contribution in [0.4, 0.5) is 0 Å². The van der Waals surface area contributed by atoms with E-state index in [0.29, 0.717) is 10.0 Å². The smallest absolute Gasteiger partial charge is 0.168 e. The molecule has 2 nitrogen and oxygen atoms in total. The van der Waals surface area contributed by atoms with Gasteiger partial charge in [-0.05, 0) is 48.6 Å². The number of ether oxygens (including phenoxy) is 2. The molecule has 1 aliphatic heterocycles. The topological polar surface area (TPSA) is 18.5 Å². The molecule has 4 rings (SSSR count). The highest BCUT2D eigenvalue weighted by Gasteiger charge is 2.40. The van der Waals surface area contributed by atoms with Gasteiger partial charge in [0.15, 0.2) is 5.79 Å². The first kappa shape index (κ1) is 22.0. The highest BCUT2D eigenvalue weighted by molar-refractivity contribution is 7.99. The quantitative estimate of drug-likeness (QED) is 0.455. The lowest BCUT2D eigenvalue weighted by Crippen LogP contribution is -2.35. The lowest BCUT2D eigenvalue weighted by Gasteiger charge is -2.35. The largest absolute Gasteiger partial charge is 0.348 e. The van der Waals surface area contributed by atoms with Crippen molar-refractivity contribution < 1.29 is 9.47 Å². The van der Waals surface area contributed by atoms with E-state index in [1.54, 1.807) is 6.07 Å². The van der Waals surface area contributed by atoms with Crippen LogP contribution >= 0.6 is 35.0 Å². The van der Waals surface area contributed by atoms with Gasteiger partial charge in [0.1, 0.15) is 0 Å². The standard InChI is InChI=1S/C21H22Cl2O2S.C2H6/c22-17-3-6-19(20(23)13-17)16-1-4-18(5-2-16)26-14-15-7-9-21(10-8-15)24-11-12-25-21;1-2/h1-6,13,15H,7-12,14H2;1-2H3. The third kappa shape index (κ3) is 5.46. The fourth-order valence-electron chi connectivity index (χ4n) is 3.74. The first-order chi connectivity index (χ1) is 13.6. The molecule has 0 unspecified atom stereocenters. The van der Waals surface area contributed by atoms with Crippen molar-refractivity contribution in [3.63, 3.8) is 0 Å². The SMILES string of the molecule is CC.Clc1ccc(-c2ccc(SCC3CCC4(CC3)OCCO4)cc2)c(Cl)c1.